The largest absolute Gasteiger partial charge is 0.338 e. The summed E-state index contributed by atoms with van der Waals surface area (Å²) >= 11 is 8.55. The van der Waals surface area contributed by atoms with E-state index < -0.39 is 6.04 Å². The third kappa shape index (κ3) is 6.93. The zero-order valence-corrected chi connectivity index (χ0v) is 17.7. The molecule has 0 aromatic heterocycles. The van der Waals surface area contributed by atoms with Crippen LogP contribution in [-0.2, 0) is 11.2 Å². The number of nitrogens with zero attached hydrogens (tertiary/aromatic N) is 3. The summed E-state index contributed by atoms with van der Waals surface area (Å²) in [7, 11) is 2.04. The van der Waals surface area contributed by atoms with E-state index in [1.165, 1.54) is 5.56 Å². The number of carbonyl (C=O) groups is 2. The van der Waals surface area contributed by atoms with Crippen molar-refractivity contribution in [1.29, 1.82) is 0 Å². The van der Waals surface area contributed by atoms with Gasteiger partial charge in [0.1, 0.15) is 6.04 Å². The predicted octanol–water partition coefficient (Wildman–Crippen LogP) is 1.24. The van der Waals surface area contributed by atoms with Crippen molar-refractivity contribution in [2.45, 2.75) is 12.5 Å². The summed E-state index contributed by atoms with van der Waals surface area (Å²) in [4.78, 5) is 31.2. The van der Waals surface area contributed by atoms with Gasteiger partial charge < -0.3 is 20.0 Å². The maximum absolute atomic E-state index is 12.7. The van der Waals surface area contributed by atoms with Gasteiger partial charge in [0.25, 0.3) is 0 Å². The summed E-state index contributed by atoms with van der Waals surface area (Å²) < 4.78 is 0. The summed E-state index contributed by atoms with van der Waals surface area (Å²) in [6.07, 6.45) is 0.764. The molecular formula is C19H30N4O2S2. The lowest BCUT2D eigenvalue weighted by Crippen LogP contribution is -2.57. The first-order valence-electron chi connectivity index (χ1n) is 9.33. The lowest BCUT2D eigenvalue weighted by Gasteiger charge is -2.35. The van der Waals surface area contributed by atoms with Gasteiger partial charge in [0.2, 0.25) is 5.91 Å². The van der Waals surface area contributed by atoms with Crippen molar-refractivity contribution >= 4 is 37.2 Å². The summed E-state index contributed by atoms with van der Waals surface area (Å²) in [6.45, 7) is 4.18. The standard InChI is InChI=1S/C19H30N4O2S2/c1-21-9-11-22(12-10-21)18(24)17(15-27)20-19(25)23(13-14-26)8-7-16-5-3-2-4-6-16/h2-6,17,26-27H,7-15H2,1H3,(H,20,25)/t17-/m0/s1. The zero-order valence-electron chi connectivity index (χ0n) is 15.9. The van der Waals surface area contributed by atoms with Crippen molar-refractivity contribution in [3.63, 3.8) is 0 Å². The second-order valence-electron chi connectivity index (χ2n) is 6.76. The lowest BCUT2D eigenvalue weighted by atomic mass is 10.1. The monoisotopic (exact) mass is 410 g/mol. The van der Waals surface area contributed by atoms with E-state index in [9.17, 15) is 9.59 Å². The molecule has 0 spiro atoms. The van der Waals surface area contributed by atoms with E-state index in [1.807, 2.05) is 42.3 Å². The molecule has 27 heavy (non-hydrogen) atoms. The van der Waals surface area contributed by atoms with Crippen LogP contribution in [0.2, 0.25) is 0 Å². The van der Waals surface area contributed by atoms with Gasteiger partial charge in [-0.1, -0.05) is 30.3 Å². The fraction of sp³-hybridized carbons (Fsp3) is 0.579. The van der Waals surface area contributed by atoms with Gasteiger partial charge in [0, 0.05) is 50.8 Å². The van der Waals surface area contributed by atoms with Crippen LogP contribution in [0.15, 0.2) is 30.3 Å². The average molecular weight is 411 g/mol. The van der Waals surface area contributed by atoms with Crippen molar-refractivity contribution in [3.8, 4) is 0 Å². The molecule has 0 bridgehead atoms. The minimum atomic E-state index is -0.608. The molecule has 0 aliphatic carbocycles. The highest BCUT2D eigenvalue weighted by Gasteiger charge is 2.28. The molecule has 1 aromatic carbocycles. The van der Waals surface area contributed by atoms with Crippen molar-refractivity contribution in [2.24, 2.45) is 0 Å². The van der Waals surface area contributed by atoms with Crippen LogP contribution in [0.5, 0.6) is 0 Å². The number of hydrogen-bond acceptors (Lipinski definition) is 5. The Morgan fingerprint density at radius 2 is 1.78 bits per heavy atom. The van der Waals surface area contributed by atoms with Gasteiger partial charge in [-0.3, -0.25) is 4.79 Å². The fourth-order valence-corrected chi connectivity index (χ4v) is 3.51. The van der Waals surface area contributed by atoms with Crippen LogP contribution >= 0.6 is 25.3 Å². The van der Waals surface area contributed by atoms with Gasteiger partial charge in [0.05, 0.1) is 0 Å². The molecule has 1 heterocycles. The van der Waals surface area contributed by atoms with E-state index in [0.717, 1.165) is 19.5 Å². The van der Waals surface area contributed by atoms with Crippen molar-refractivity contribution < 1.29 is 9.59 Å². The number of rotatable bonds is 8. The summed E-state index contributed by atoms with van der Waals surface area (Å²) in [5.74, 6) is 0.796. The van der Waals surface area contributed by atoms with Gasteiger partial charge in [0.15, 0.2) is 0 Å². The number of hydrogen-bond donors (Lipinski definition) is 3. The molecule has 0 radical (unpaired) electrons. The number of nitrogens with one attached hydrogen (secondary N) is 1. The maximum Gasteiger partial charge on any atom is 0.318 e. The molecule has 0 unspecified atom stereocenters. The summed E-state index contributed by atoms with van der Waals surface area (Å²) in [6, 6.07) is 9.20. The first-order valence-corrected chi connectivity index (χ1v) is 10.6. The molecule has 1 saturated heterocycles. The summed E-state index contributed by atoms with van der Waals surface area (Å²) in [5, 5.41) is 2.87. The summed E-state index contributed by atoms with van der Waals surface area (Å²) in [5.41, 5.74) is 1.17. The van der Waals surface area contributed by atoms with E-state index in [4.69, 9.17) is 0 Å². The van der Waals surface area contributed by atoms with Gasteiger partial charge in [-0.25, -0.2) is 4.79 Å². The Balaban J connectivity index is 1.91. The van der Waals surface area contributed by atoms with Crippen LogP contribution in [0.25, 0.3) is 0 Å². The SMILES string of the molecule is CN1CCN(C(=O)[C@H](CS)NC(=O)N(CCS)CCc2ccccc2)CC1. The molecule has 0 saturated carbocycles. The van der Waals surface area contributed by atoms with Crippen LogP contribution in [0, 0.1) is 0 Å². The molecule has 1 atom stereocenters. The highest BCUT2D eigenvalue weighted by atomic mass is 32.1. The molecule has 150 valence electrons. The number of likely N-dealkylation sites (N-methyl/N-ethyl adjacent to an activating group) is 1. The Hall–Kier alpha value is -1.38. The Morgan fingerprint density at radius 1 is 1.11 bits per heavy atom. The number of benzene rings is 1. The minimum Gasteiger partial charge on any atom is -0.338 e. The van der Waals surface area contributed by atoms with Crippen molar-refractivity contribution in [3.05, 3.63) is 35.9 Å². The molecular weight excluding hydrogens is 380 g/mol. The smallest absolute Gasteiger partial charge is 0.318 e. The average Bonchev–Trinajstić information content (AvgIpc) is 2.70. The molecule has 3 amide bonds. The van der Waals surface area contributed by atoms with Crippen molar-refractivity contribution in [1.82, 2.24) is 20.0 Å². The first-order chi connectivity index (χ1) is 13.0. The molecule has 1 aliphatic heterocycles. The fourth-order valence-electron chi connectivity index (χ4n) is 3.02. The van der Waals surface area contributed by atoms with E-state index in [0.29, 0.717) is 31.9 Å². The molecule has 2 rings (SSSR count). The van der Waals surface area contributed by atoms with Crippen LogP contribution in [-0.4, -0.2) is 90.5 Å². The minimum absolute atomic E-state index is 0.0552. The van der Waals surface area contributed by atoms with Crippen LogP contribution < -0.4 is 5.32 Å². The second-order valence-corrected chi connectivity index (χ2v) is 7.57. The maximum atomic E-state index is 12.7. The van der Waals surface area contributed by atoms with Gasteiger partial charge in [-0.15, -0.1) is 0 Å². The van der Waals surface area contributed by atoms with E-state index in [-0.39, 0.29) is 17.7 Å². The van der Waals surface area contributed by atoms with Gasteiger partial charge in [-0.2, -0.15) is 25.3 Å². The molecule has 6 nitrogen and oxygen atoms in total. The Bertz CT molecular complexity index is 595. The third-order valence-corrected chi connectivity index (χ3v) is 5.33. The molecule has 1 N–H and O–H groups in total. The van der Waals surface area contributed by atoms with Crippen LogP contribution in [0.1, 0.15) is 5.56 Å². The quantitative estimate of drug-likeness (QED) is 0.566. The second kappa shape index (κ2) is 11.5. The number of urea groups is 1. The molecule has 1 aliphatic rings. The lowest BCUT2D eigenvalue weighted by molar-refractivity contribution is -0.134. The Kier molecular flexibility index (Phi) is 9.30. The highest BCUT2D eigenvalue weighted by molar-refractivity contribution is 7.80. The Morgan fingerprint density at radius 3 is 2.37 bits per heavy atom. The van der Waals surface area contributed by atoms with Crippen molar-refractivity contribution in [2.75, 3.05) is 57.8 Å². The van der Waals surface area contributed by atoms with E-state index in [1.54, 1.807) is 4.90 Å². The van der Waals surface area contributed by atoms with Gasteiger partial charge >= 0.3 is 6.03 Å². The predicted molar refractivity (Wildman–Crippen MR) is 116 cm³/mol. The molecule has 1 aromatic rings. The number of amides is 3. The number of thiol groups is 2. The van der Waals surface area contributed by atoms with E-state index >= 15 is 0 Å². The number of piperazine rings is 1. The van der Waals surface area contributed by atoms with Gasteiger partial charge in [-0.05, 0) is 19.0 Å². The topological polar surface area (TPSA) is 55.9 Å². The van der Waals surface area contributed by atoms with Crippen LogP contribution in [0.4, 0.5) is 4.79 Å². The van der Waals surface area contributed by atoms with Crippen LogP contribution in [0.3, 0.4) is 0 Å². The first kappa shape index (κ1) is 21.9. The molecule has 1 fully saturated rings. The normalized spacial score (nSPS) is 16.0. The Labute approximate surface area is 173 Å². The molecule has 8 heteroatoms. The third-order valence-electron chi connectivity index (χ3n) is 4.76. The highest BCUT2D eigenvalue weighted by Crippen LogP contribution is 2.06. The van der Waals surface area contributed by atoms with E-state index in [2.05, 4.69) is 35.5 Å². The number of carbonyl (C=O) groups excluding carboxylic acids is 2. The zero-order chi connectivity index (χ0) is 19.6.